The SMILES string of the molecule is COc1ccnc(COc2cccc(CN)c2)c1OC. The molecule has 5 heteroatoms. The minimum Gasteiger partial charge on any atom is -0.493 e. The number of ether oxygens (including phenoxy) is 3. The first-order valence-electron chi connectivity index (χ1n) is 6.26. The lowest BCUT2D eigenvalue weighted by Gasteiger charge is -2.12. The van der Waals surface area contributed by atoms with Gasteiger partial charge in [-0.05, 0) is 17.7 Å². The van der Waals surface area contributed by atoms with Crippen LogP contribution in [0.3, 0.4) is 0 Å². The summed E-state index contributed by atoms with van der Waals surface area (Å²) in [6, 6.07) is 9.40. The molecule has 20 heavy (non-hydrogen) atoms. The summed E-state index contributed by atoms with van der Waals surface area (Å²) in [6.45, 7) is 0.784. The van der Waals surface area contributed by atoms with Gasteiger partial charge in [-0.15, -0.1) is 0 Å². The fourth-order valence-corrected chi connectivity index (χ4v) is 1.87. The maximum Gasteiger partial charge on any atom is 0.185 e. The van der Waals surface area contributed by atoms with Crippen LogP contribution in [0.5, 0.6) is 17.2 Å². The molecule has 0 atom stereocenters. The first-order chi connectivity index (χ1) is 9.78. The summed E-state index contributed by atoms with van der Waals surface area (Å²) in [7, 11) is 3.17. The number of nitrogens with zero attached hydrogens (tertiary/aromatic N) is 1. The van der Waals surface area contributed by atoms with Gasteiger partial charge in [-0.3, -0.25) is 4.98 Å². The van der Waals surface area contributed by atoms with Gasteiger partial charge >= 0.3 is 0 Å². The van der Waals surface area contributed by atoms with Crippen molar-refractivity contribution in [2.75, 3.05) is 14.2 Å². The summed E-state index contributed by atoms with van der Waals surface area (Å²) in [5, 5.41) is 0. The molecule has 1 heterocycles. The van der Waals surface area contributed by atoms with E-state index in [4.69, 9.17) is 19.9 Å². The standard InChI is InChI=1S/C15H18N2O3/c1-18-14-6-7-17-13(15(14)19-2)10-20-12-5-3-4-11(8-12)9-16/h3-8H,9-10,16H2,1-2H3. The van der Waals surface area contributed by atoms with Gasteiger partial charge in [0.1, 0.15) is 18.1 Å². The van der Waals surface area contributed by atoms with Gasteiger partial charge in [0.2, 0.25) is 0 Å². The van der Waals surface area contributed by atoms with Gasteiger partial charge in [-0.25, -0.2) is 0 Å². The van der Waals surface area contributed by atoms with Crippen LogP contribution in [0.2, 0.25) is 0 Å². The van der Waals surface area contributed by atoms with Crippen molar-refractivity contribution in [2.24, 2.45) is 5.73 Å². The van der Waals surface area contributed by atoms with Crippen molar-refractivity contribution in [3.8, 4) is 17.2 Å². The first kappa shape index (κ1) is 14.1. The molecule has 0 amide bonds. The lowest BCUT2D eigenvalue weighted by molar-refractivity contribution is 0.284. The smallest absolute Gasteiger partial charge is 0.185 e. The Hall–Kier alpha value is -2.27. The second kappa shape index (κ2) is 6.77. The molecule has 0 aliphatic carbocycles. The Kier molecular flexibility index (Phi) is 4.79. The quantitative estimate of drug-likeness (QED) is 0.874. The van der Waals surface area contributed by atoms with Gasteiger partial charge in [0.15, 0.2) is 11.5 Å². The number of methoxy groups -OCH3 is 2. The average Bonchev–Trinajstić information content (AvgIpc) is 2.52. The third-order valence-electron chi connectivity index (χ3n) is 2.88. The molecule has 0 spiro atoms. The van der Waals surface area contributed by atoms with Crippen LogP contribution in [0, 0.1) is 0 Å². The molecule has 5 nitrogen and oxygen atoms in total. The van der Waals surface area contributed by atoms with E-state index in [1.807, 2.05) is 24.3 Å². The Balaban J connectivity index is 2.14. The summed E-state index contributed by atoms with van der Waals surface area (Å²) in [6.07, 6.45) is 1.66. The fourth-order valence-electron chi connectivity index (χ4n) is 1.87. The zero-order valence-electron chi connectivity index (χ0n) is 11.6. The van der Waals surface area contributed by atoms with Gasteiger partial charge < -0.3 is 19.9 Å². The van der Waals surface area contributed by atoms with Gasteiger partial charge in [0.05, 0.1) is 14.2 Å². The lowest BCUT2D eigenvalue weighted by Crippen LogP contribution is -2.03. The number of benzene rings is 1. The van der Waals surface area contributed by atoms with E-state index >= 15 is 0 Å². The van der Waals surface area contributed by atoms with Gasteiger partial charge in [0, 0.05) is 18.8 Å². The second-order valence-corrected chi connectivity index (χ2v) is 4.13. The summed E-state index contributed by atoms with van der Waals surface area (Å²) in [5.74, 6) is 1.97. The molecule has 2 rings (SSSR count). The van der Waals surface area contributed by atoms with E-state index in [1.165, 1.54) is 0 Å². The van der Waals surface area contributed by atoms with E-state index in [0.717, 1.165) is 11.3 Å². The van der Waals surface area contributed by atoms with Crippen molar-refractivity contribution in [1.29, 1.82) is 0 Å². The predicted octanol–water partition coefficient (Wildman–Crippen LogP) is 2.14. The molecule has 106 valence electrons. The minimum absolute atomic E-state index is 0.300. The first-order valence-corrected chi connectivity index (χ1v) is 6.26. The third kappa shape index (κ3) is 3.19. The molecular weight excluding hydrogens is 256 g/mol. The molecule has 2 N–H and O–H groups in total. The Bertz CT molecular complexity index is 573. The highest BCUT2D eigenvalue weighted by Crippen LogP contribution is 2.29. The molecule has 0 unspecified atom stereocenters. The minimum atomic E-state index is 0.300. The van der Waals surface area contributed by atoms with E-state index in [-0.39, 0.29) is 0 Å². The number of pyridine rings is 1. The van der Waals surface area contributed by atoms with Crippen LogP contribution < -0.4 is 19.9 Å². The monoisotopic (exact) mass is 274 g/mol. The Morgan fingerprint density at radius 1 is 1.15 bits per heavy atom. The van der Waals surface area contributed by atoms with Gasteiger partial charge in [-0.2, -0.15) is 0 Å². The third-order valence-corrected chi connectivity index (χ3v) is 2.88. The summed E-state index contributed by atoms with van der Waals surface area (Å²) < 4.78 is 16.3. The van der Waals surface area contributed by atoms with E-state index < -0.39 is 0 Å². The highest BCUT2D eigenvalue weighted by Gasteiger charge is 2.11. The van der Waals surface area contributed by atoms with Crippen LogP contribution >= 0.6 is 0 Å². The van der Waals surface area contributed by atoms with Crippen molar-refractivity contribution in [3.05, 3.63) is 47.8 Å². The van der Waals surface area contributed by atoms with Crippen LogP contribution in [0.25, 0.3) is 0 Å². The Labute approximate surface area is 118 Å². The average molecular weight is 274 g/mol. The molecule has 0 fully saturated rings. The van der Waals surface area contributed by atoms with E-state index in [0.29, 0.717) is 30.3 Å². The zero-order valence-corrected chi connectivity index (χ0v) is 11.6. The molecule has 1 aromatic carbocycles. The molecule has 1 aromatic heterocycles. The Morgan fingerprint density at radius 3 is 2.70 bits per heavy atom. The van der Waals surface area contributed by atoms with Gasteiger partial charge in [-0.1, -0.05) is 12.1 Å². The number of hydrogen-bond donors (Lipinski definition) is 1. The number of nitrogens with two attached hydrogens (primary N) is 1. The van der Waals surface area contributed by atoms with Crippen LogP contribution in [-0.2, 0) is 13.2 Å². The molecule has 0 aliphatic rings. The van der Waals surface area contributed by atoms with Gasteiger partial charge in [0.25, 0.3) is 0 Å². The summed E-state index contributed by atoms with van der Waals surface area (Å²) in [5.41, 5.74) is 7.31. The number of hydrogen-bond acceptors (Lipinski definition) is 5. The molecule has 0 aliphatic heterocycles. The largest absolute Gasteiger partial charge is 0.493 e. The highest BCUT2D eigenvalue weighted by molar-refractivity contribution is 5.42. The van der Waals surface area contributed by atoms with Crippen LogP contribution in [0.15, 0.2) is 36.5 Å². The fraction of sp³-hybridized carbons (Fsp3) is 0.267. The molecule has 2 aromatic rings. The zero-order chi connectivity index (χ0) is 14.4. The van der Waals surface area contributed by atoms with E-state index in [9.17, 15) is 0 Å². The van der Waals surface area contributed by atoms with Crippen LogP contribution in [-0.4, -0.2) is 19.2 Å². The van der Waals surface area contributed by atoms with E-state index in [2.05, 4.69) is 4.98 Å². The van der Waals surface area contributed by atoms with E-state index in [1.54, 1.807) is 26.5 Å². The lowest BCUT2D eigenvalue weighted by atomic mass is 10.2. The highest BCUT2D eigenvalue weighted by atomic mass is 16.5. The topological polar surface area (TPSA) is 66.6 Å². The number of aromatic nitrogens is 1. The van der Waals surface area contributed by atoms with Crippen molar-refractivity contribution < 1.29 is 14.2 Å². The van der Waals surface area contributed by atoms with Crippen molar-refractivity contribution in [1.82, 2.24) is 4.98 Å². The molecule has 0 bridgehead atoms. The summed E-state index contributed by atoms with van der Waals surface area (Å²) >= 11 is 0. The summed E-state index contributed by atoms with van der Waals surface area (Å²) in [4.78, 5) is 4.26. The van der Waals surface area contributed by atoms with Crippen molar-refractivity contribution in [3.63, 3.8) is 0 Å². The maximum absolute atomic E-state index is 5.72. The Morgan fingerprint density at radius 2 is 2.00 bits per heavy atom. The normalized spacial score (nSPS) is 10.2. The predicted molar refractivity (Wildman–Crippen MR) is 76.0 cm³/mol. The maximum atomic E-state index is 5.72. The number of rotatable bonds is 6. The second-order valence-electron chi connectivity index (χ2n) is 4.13. The van der Waals surface area contributed by atoms with Crippen LogP contribution in [0.1, 0.15) is 11.3 Å². The van der Waals surface area contributed by atoms with Crippen LogP contribution in [0.4, 0.5) is 0 Å². The van der Waals surface area contributed by atoms with Crippen molar-refractivity contribution in [2.45, 2.75) is 13.2 Å². The van der Waals surface area contributed by atoms with Crippen molar-refractivity contribution >= 4 is 0 Å². The molecule has 0 radical (unpaired) electrons. The molecular formula is C15H18N2O3. The molecule has 0 saturated carbocycles. The molecule has 0 saturated heterocycles.